The molecule has 0 atom stereocenters. The maximum Gasteiger partial charge on any atom is 0.128 e. The molecule has 0 spiro atoms. The predicted octanol–water partition coefficient (Wildman–Crippen LogP) is 3.84. The Morgan fingerprint density at radius 2 is 2.05 bits per heavy atom. The van der Waals surface area contributed by atoms with Gasteiger partial charge >= 0.3 is 0 Å². The summed E-state index contributed by atoms with van der Waals surface area (Å²) in [7, 11) is 0. The van der Waals surface area contributed by atoms with Gasteiger partial charge in [-0.15, -0.1) is 0 Å². The molecule has 1 aromatic heterocycles. The Bertz CT molecular complexity index is 558. The fourth-order valence-electron chi connectivity index (χ4n) is 1.93. The lowest BCUT2D eigenvalue weighted by Gasteiger charge is -2.09. The predicted molar refractivity (Wildman–Crippen MR) is 78.3 cm³/mol. The quantitative estimate of drug-likeness (QED) is 0.904. The zero-order valence-corrected chi connectivity index (χ0v) is 12.4. The average Bonchev–Trinajstić information content (AvgIpc) is 2.42. The molecule has 19 heavy (non-hydrogen) atoms. The summed E-state index contributed by atoms with van der Waals surface area (Å²) in [4.78, 5) is 4.35. The van der Waals surface area contributed by atoms with E-state index in [9.17, 15) is 4.39 Å². The molecule has 0 aliphatic rings. The van der Waals surface area contributed by atoms with E-state index in [2.05, 4.69) is 39.2 Å². The molecule has 0 bridgehead atoms. The molecule has 2 rings (SSSR count). The maximum absolute atomic E-state index is 13.6. The summed E-state index contributed by atoms with van der Waals surface area (Å²) in [6.07, 6.45) is 2.74. The van der Waals surface area contributed by atoms with Crippen LogP contribution in [0, 0.1) is 5.82 Å². The molecule has 100 valence electrons. The summed E-state index contributed by atoms with van der Waals surface area (Å²) in [5.74, 6) is -0.196. The van der Waals surface area contributed by atoms with Crippen LogP contribution in [0.1, 0.15) is 23.7 Å². The number of benzene rings is 1. The third-order valence-corrected chi connectivity index (χ3v) is 3.48. The van der Waals surface area contributed by atoms with Gasteiger partial charge in [-0.2, -0.15) is 0 Å². The summed E-state index contributed by atoms with van der Waals surface area (Å²) < 4.78 is 14.4. The third-order valence-electron chi connectivity index (χ3n) is 2.99. The van der Waals surface area contributed by atoms with Crippen LogP contribution < -0.4 is 5.32 Å². The van der Waals surface area contributed by atoms with E-state index in [1.54, 1.807) is 12.3 Å². The van der Waals surface area contributed by atoms with Gasteiger partial charge in [-0.25, -0.2) is 4.39 Å². The molecular formula is C15H16BrFN2. The Balaban J connectivity index is 1.96. The van der Waals surface area contributed by atoms with Gasteiger partial charge in [0, 0.05) is 29.3 Å². The highest BCUT2D eigenvalue weighted by atomic mass is 79.9. The molecule has 0 unspecified atom stereocenters. The normalized spacial score (nSPS) is 10.7. The van der Waals surface area contributed by atoms with Crippen LogP contribution in [0.15, 0.2) is 41.0 Å². The molecular weight excluding hydrogens is 307 g/mol. The van der Waals surface area contributed by atoms with Gasteiger partial charge in [0.05, 0.1) is 5.69 Å². The first-order valence-electron chi connectivity index (χ1n) is 6.28. The molecule has 4 heteroatoms. The van der Waals surface area contributed by atoms with Crippen molar-refractivity contribution in [1.82, 2.24) is 10.3 Å². The lowest BCUT2D eigenvalue weighted by atomic mass is 10.1. The summed E-state index contributed by atoms with van der Waals surface area (Å²) >= 11 is 3.25. The minimum atomic E-state index is -0.196. The largest absolute Gasteiger partial charge is 0.307 e. The summed E-state index contributed by atoms with van der Waals surface area (Å²) in [5.41, 5.74) is 2.92. The van der Waals surface area contributed by atoms with Crippen LogP contribution in [0.25, 0.3) is 0 Å². The van der Waals surface area contributed by atoms with E-state index in [0.717, 1.165) is 16.6 Å². The van der Waals surface area contributed by atoms with Crippen LogP contribution in [-0.2, 0) is 19.5 Å². The number of halogens is 2. The van der Waals surface area contributed by atoms with Crippen LogP contribution in [0.2, 0.25) is 0 Å². The van der Waals surface area contributed by atoms with Crippen molar-refractivity contribution >= 4 is 15.9 Å². The summed E-state index contributed by atoms with van der Waals surface area (Å²) in [6.45, 7) is 3.26. The Morgan fingerprint density at radius 1 is 1.21 bits per heavy atom. The maximum atomic E-state index is 13.6. The van der Waals surface area contributed by atoms with Gasteiger partial charge in [-0.05, 0) is 30.2 Å². The highest BCUT2D eigenvalue weighted by molar-refractivity contribution is 9.10. The van der Waals surface area contributed by atoms with E-state index in [1.807, 2.05) is 12.1 Å². The SMILES string of the molecule is CCc1cccnc1CNCc1ccc(Br)cc1F. The smallest absolute Gasteiger partial charge is 0.128 e. The Labute approximate surface area is 121 Å². The van der Waals surface area contributed by atoms with Gasteiger partial charge in [-0.1, -0.05) is 35.0 Å². The Morgan fingerprint density at radius 3 is 2.79 bits per heavy atom. The monoisotopic (exact) mass is 322 g/mol. The molecule has 1 heterocycles. The first-order chi connectivity index (χ1) is 9.20. The van der Waals surface area contributed by atoms with Crippen molar-refractivity contribution < 1.29 is 4.39 Å². The van der Waals surface area contributed by atoms with Crippen molar-refractivity contribution in [3.8, 4) is 0 Å². The van der Waals surface area contributed by atoms with Crippen molar-refractivity contribution in [2.75, 3.05) is 0 Å². The molecule has 2 nitrogen and oxygen atoms in total. The minimum absolute atomic E-state index is 0.196. The van der Waals surface area contributed by atoms with Gasteiger partial charge in [0.1, 0.15) is 5.82 Å². The van der Waals surface area contributed by atoms with Crippen molar-refractivity contribution in [2.24, 2.45) is 0 Å². The number of pyridine rings is 1. The first-order valence-corrected chi connectivity index (χ1v) is 7.07. The zero-order valence-electron chi connectivity index (χ0n) is 10.8. The standard InChI is InChI=1S/C15H16BrFN2/c1-2-11-4-3-7-19-15(11)10-18-9-12-5-6-13(16)8-14(12)17/h3-8,18H,2,9-10H2,1H3. The van der Waals surface area contributed by atoms with E-state index >= 15 is 0 Å². The van der Waals surface area contributed by atoms with Crippen LogP contribution in [0.5, 0.6) is 0 Å². The molecule has 0 aliphatic heterocycles. The molecule has 2 aromatic rings. The highest BCUT2D eigenvalue weighted by Gasteiger charge is 2.04. The van der Waals surface area contributed by atoms with Gasteiger partial charge in [0.2, 0.25) is 0 Å². The molecule has 0 saturated carbocycles. The molecule has 0 aliphatic carbocycles. The zero-order chi connectivity index (χ0) is 13.7. The molecule has 0 fully saturated rings. The summed E-state index contributed by atoms with van der Waals surface area (Å²) in [5, 5.41) is 3.24. The van der Waals surface area contributed by atoms with E-state index < -0.39 is 0 Å². The molecule has 0 radical (unpaired) electrons. The van der Waals surface area contributed by atoms with Crippen molar-refractivity contribution in [1.29, 1.82) is 0 Å². The van der Waals surface area contributed by atoms with E-state index in [4.69, 9.17) is 0 Å². The van der Waals surface area contributed by atoms with E-state index in [-0.39, 0.29) is 5.82 Å². The van der Waals surface area contributed by atoms with Gasteiger partial charge < -0.3 is 5.32 Å². The molecule has 0 saturated heterocycles. The van der Waals surface area contributed by atoms with Crippen LogP contribution >= 0.6 is 15.9 Å². The molecule has 1 N–H and O–H groups in total. The lowest BCUT2D eigenvalue weighted by molar-refractivity contribution is 0.584. The van der Waals surface area contributed by atoms with Gasteiger partial charge in [0.15, 0.2) is 0 Å². The van der Waals surface area contributed by atoms with E-state index in [0.29, 0.717) is 18.7 Å². The number of aromatic nitrogens is 1. The van der Waals surface area contributed by atoms with Crippen molar-refractivity contribution in [2.45, 2.75) is 26.4 Å². The van der Waals surface area contributed by atoms with Crippen molar-refractivity contribution in [3.05, 3.63) is 63.6 Å². The second-order valence-electron chi connectivity index (χ2n) is 4.30. The first kappa shape index (κ1) is 14.2. The van der Waals surface area contributed by atoms with Gasteiger partial charge in [0.25, 0.3) is 0 Å². The minimum Gasteiger partial charge on any atom is -0.307 e. The topological polar surface area (TPSA) is 24.9 Å². The second-order valence-corrected chi connectivity index (χ2v) is 5.22. The highest BCUT2D eigenvalue weighted by Crippen LogP contribution is 2.15. The van der Waals surface area contributed by atoms with E-state index in [1.165, 1.54) is 11.6 Å². The average molecular weight is 323 g/mol. The number of hydrogen-bond acceptors (Lipinski definition) is 2. The number of hydrogen-bond donors (Lipinski definition) is 1. The summed E-state index contributed by atoms with van der Waals surface area (Å²) in [6, 6.07) is 9.13. The third kappa shape index (κ3) is 3.85. The van der Waals surface area contributed by atoms with Crippen LogP contribution in [-0.4, -0.2) is 4.98 Å². The fourth-order valence-corrected chi connectivity index (χ4v) is 2.27. The van der Waals surface area contributed by atoms with Gasteiger partial charge in [-0.3, -0.25) is 4.98 Å². The van der Waals surface area contributed by atoms with Crippen LogP contribution in [0.3, 0.4) is 0 Å². The number of aryl methyl sites for hydroxylation is 1. The fraction of sp³-hybridized carbons (Fsp3) is 0.267. The number of rotatable bonds is 5. The number of nitrogens with one attached hydrogen (secondary N) is 1. The van der Waals surface area contributed by atoms with Crippen LogP contribution in [0.4, 0.5) is 4.39 Å². The lowest BCUT2D eigenvalue weighted by Crippen LogP contribution is -2.16. The Kier molecular flexibility index (Phi) is 5.05. The number of nitrogens with zero attached hydrogens (tertiary/aromatic N) is 1. The molecule has 1 aromatic carbocycles. The molecule has 0 amide bonds. The second kappa shape index (κ2) is 6.78. The van der Waals surface area contributed by atoms with Crippen molar-refractivity contribution in [3.63, 3.8) is 0 Å². The Hall–Kier alpha value is -1.26.